The van der Waals surface area contributed by atoms with Gasteiger partial charge in [0.15, 0.2) is 11.5 Å². The molecule has 0 saturated carbocycles. The van der Waals surface area contributed by atoms with Gasteiger partial charge in [-0.2, -0.15) is 5.26 Å². The molecule has 0 heterocycles. The van der Waals surface area contributed by atoms with Gasteiger partial charge in [0.2, 0.25) is 5.91 Å². The molecule has 5 heteroatoms. The molecule has 5 nitrogen and oxygen atoms in total. The number of ether oxygens (including phenoxy) is 1. The Morgan fingerprint density at radius 2 is 2.24 bits per heavy atom. The van der Waals surface area contributed by atoms with Crippen molar-refractivity contribution in [3.8, 4) is 17.6 Å². The van der Waals surface area contributed by atoms with E-state index in [1.807, 2.05) is 6.07 Å². The second kappa shape index (κ2) is 5.21. The summed E-state index contributed by atoms with van der Waals surface area (Å²) >= 11 is 0. The summed E-state index contributed by atoms with van der Waals surface area (Å²) in [7, 11) is 2.98. The topological polar surface area (TPSA) is 73.6 Å². The smallest absolute Gasteiger partial charge is 0.220 e. The van der Waals surface area contributed by atoms with Gasteiger partial charge in [-0.3, -0.25) is 4.79 Å². The lowest BCUT2D eigenvalue weighted by atomic mass is 10.1. The second-order valence-corrected chi connectivity index (χ2v) is 3.59. The minimum Gasteiger partial charge on any atom is -0.504 e. The van der Waals surface area contributed by atoms with Crippen LogP contribution in [0.15, 0.2) is 18.2 Å². The maximum absolute atomic E-state index is 11.2. The van der Waals surface area contributed by atoms with Gasteiger partial charge < -0.3 is 14.7 Å². The SMILES string of the molecule is COc1cc(C(C#N)N(C)C(C)=O)ccc1O. The van der Waals surface area contributed by atoms with E-state index >= 15 is 0 Å². The molecule has 1 amide bonds. The van der Waals surface area contributed by atoms with Crippen LogP contribution in [0.3, 0.4) is 0 Å². The summed E-state index contributed by atoms with van der Waals surface area (Å²) in [4.78, 5) is 12.6. The molecule has 1 N–H and O–H groups in total. The van der Waals surface area contributed by atoms with Crippen molar-refractivity contribution in [1.29, 1.82) is 5.26 Å². The summed E-state index contributed by atoms with van der Waals surface area (Å²) in [5.74, 6) is 0.0710. The van der Waals surface area contributed by atoms with Crippen molar-refractivity contribution in [3.63, 3.8) is 0 Å². The van der Waals surface area contributed by atoms with E-state index in [0.29, 0.717) is 5.56 Å². The van der Waals surface area contributed by atoms with Crippen molar-refractivity contribution in [1.82, 2.24) is 4.90 Å². The lowest BCUT2D eigenvalue weighted by Crippen LogP contribution is -2.28. The Hall–Kier alpha value is -2.22. The van der Waals surface area contributed by atoms with Gasteiger partial charge in [-0.1, -0.05) is 6.07 Å². The summed E-state index contributed by atoms with van der Waals surface area (Å²) < 4.78 is 4.96. The number of phenolic OH excluding ortho intramolecular Hbond substituents is 1. The fourth-order valence-corrected chi connectivity index (χ4v) is 1.43. The summed E-state index contributed by atoms with van der Waals surface area (Å²) in [6.45, 7) is 1.39. The van der Waals surface area contributed by atoms with E-state index in [0.717, 1.165) is 0 Å². The lowest BCUT2D eigenvalue weighted by molar-refractivity contribution is -0.128. The van der Waals surface area contributed by atoms with Crippen molar-refractivity contribution in [2.75, 3.05) is 14.2 Å². The first-order valence-electron chi connectivity index (χ1n) is 5.01. The zero-order chi connectivity index (χ0) is 13.0. The third kappa shape index (κ3) is 2.67. The number of benzene rings is 1. The minimum absolute atomic E-state index is 0.00146. The number of aromatic hydroxyl groups is 1. The van der Waals surface area contributed by atoms with E-state index in [-0.39, 0.29) is 17.4 Å². The van der Waals surface area contributed by atoms with Crippen LogP contribution in [0.4, 0.5) is 0 Å². The average molecular weight is 234 g/mol. The quantitative estimate of drug-likeness (QED) is 0.858. The van der Waals surface area contributed by atoms with E-state index in [9.17, 15) is 9.90 Å². The van der Waals surface area contributed by atoms with Crippen LogP contribution >= 0.6 is 0 Å². The Morgan fingerprint density at radius 1 is 1.59 bits per heavy atom. The van der Waals surface area contributed by atoms with Crippen LogP contribution in [0.25, 0.3) is 0 Å². The molecule has 0 aromatic heterocycles. The highest BCUT2D eigenvalue weighted by Crippen LogP contribution is 2.30. The van der Waals surface area contributed by atoms with Crippen LogP contribution in [-0.2, 0) is 4.79 Å². The fraction of sp³-hybridized carbons (Fsp3) is 0.333. The highest BCUT2D eigenvalue weighted by atomic mass is 16.5. The molecule has 0 saturated heterocycles. The van der Waals surface area contributed by atoms with Crippen molar-refractivity contribution < 1.29 is 14.6 Å². The number of rotatable bonds is 3. The lowest BCUT2D eigenvalue weighted by Gasteiger charge is -2.21. The zero-order valence-electron chi connectivity index (χ0n) is 9.97. The Morgan fingerprint density at radius 3 is 2.71 bits per heavy atom. The largest absolute Gasteiger partial charge is 0.504 e. The summed E-state index contributed by atoms with van der Waals surface area (Å²) in [5, 5.41) is 18.5. The monoisotopic (exact) mass is 234 g/mol. The predicted molar refractivity (Wildman–Crippen MR) is 61.5 cm³/mol. The van der Waals surface area contributed by atoms with Gasteiger partial charge in [-0.05, 0) is 17.7 Å². The minimum atomic E-state index is -0.693. The third-order valence-corrected chi connectivity index (χ3v) is 2.53. The number of nitrogens with zero attached hydrogens (tertiary/aromatic N) is 2. The Labute approximate surface area is 99.8 Å². The van der Waals surface area contributed by atoms with Crippen LogP contribution in [0.1, 0.15) is 18.5 Å². The highest BCUT2D eigenvalue weighted by Gasteiger charge is 2.19. The second-order valence-electron chi connectivity index (χ2n) is 3.59. The Bertz CT molecular complexity index is 465. The highest BCUT2D eigenvalue weighted by molar-refractivity contribution is 5.74. The van der Waals surface area contributed by atoms with E-state index in [4.69, 9.17) is 10.00 Å². The standard InChI is InChI=1S/C12H14N2O3/c1-8(15)14(2)10(7-13)9-4-5-11(16)12(6-9)17-3/h4-6,10,16H,1-3H3. The number of phenols is 1. The number of methoxy groups -OCH3 is 1. The van der Waals surface area contributed by atoms with E-state index in [2.05, 4.69) is 0 Å². The van der Waals surface area contributed by atoms with Crippen molar-refractivity contribution >= 4 is 5.91 Å². The van der Waals surface area contributed by atoms with Crippen LogP contribution in [0, 0.1) is 11.3 Å². The van der Waals surface area contributed by atoms with Gasteiger partial charge in [0.05, 0.1) is 13.2 Å². The number of carbonyl (C=O) groups is 1. The van der Waals surface area contributed by atoms with Gasteiger partial charge in [0.1, 0.15) is 6.04 Å². The molecular formula is C12H14N2O3. The molecule has 1 atom stereocenters. The summed E-state index contributed by atoms with van der Waals surface area (Å²) in [6, 6.07) is 5.92. The number of hydrogen-bond donors (Lipinski definition) is 1. The maximum atomic E-state index is 11.2. The molecule has 90 valence electrons. The number of hydrogen-bond acceptors (Lipinski definition) is 4. The van der Waals surface area contributed by atoms with Crippen LogP contribution in [0.5, 0.6) is 11.5 Å². The molecule has 0 spiro atoms. The molecule has 0 aliphatic carbocycles. The molecule has 17 heavy (non-hydrogen) atoms. The fourth-order valence-electron chi connectivity index (χ4n) is 1.43. The maximum Gasteiger partial charge on any atom is 0.220 e. The third-order valence-electron chi connectivity index (χ3n) is 2.53. The Kier molecular flexibility index (Phi) is 3.94. The Balaban J connectivity index is 3.14. The van der Waals surface area contributed by atoms with Gasteiger partial charge in [-0.15, -0.1) is 0 Å². The van der Waals surface area contributed by atoms with Gasteiger partial charge in [-0.25, -0.2) is 0 Å². The normalized spacial score (nSPS) is 11.4. The average Bonchev–Trinajstić information content (AvgIpc) is 2.31. The van der Waals surface area contributed by atoms with Crippen LogP contribution < -0.4 is 4.74 Å². The molecule has 1 rings (SSSR count). The number of nitriles is 1. The zero-order valence-corrected chi connectivity index (χ0v) is 9.97. The molecule has 0 fully saturated rings. The van der Waals surface area contributed by atoms with E-state index in [1.54, 1.807) is 19.2 Å². The molecular weight excluding hydrogens is 220 g/mol. The summed E-state index contributed by atoms with van der Waals surface area (Å²) in [6.07, 6.45) is 0. The van der Waals surface area contributed by atoms with Crippen LogP contribution in [0.2, 0.25) is 0 Å². The molecule has 0 aliphatic rings. The van der Waals surface area contributed by atoms with Crippen LogP contribution in [-0.4, -0.2) is 30.1 Å². The predicted octanol–water partition coefficient (Wildman–Crippen LogP) is 1.44. The van der Waals surface area contributed by atoms with E-state index in [1.165, 1.54) is 25.0 Å². The first-order chi connectivity index (χ1) is 8.01. The molecule has 0 aliphatic heterocycles. The van der Waals surface area contributed by atoms with Crippen molar-refractivity contribution in [3.05, 3.63) is 23.8 Å². The molecule has 0 bridgehead atoms. The van der Waals surface area contributed by atoms with Crippen molar-refractivity contribution in [2.45, 2.75) is 13.0 Å². The summed E-state index contributed by atoms with van der Waals surface area (Å²) in [5.41, 5.74) is 0.597. The van der Waals surface area contributed by atoms with Crippen molar-refractivity contribution in [2.24, 2.45) is 0 Å². The molecule has 1 aromatic rings. The molecule has 1 aromatic carbocycles. The molecule has 0 radical (unpaired) electrons. The van der Waals surface area contributed by atoms with E-state index < -0.39 is 6.04 Å². The number of amides is 1. The number of carbonyl (C=O) groups excluding carboxylic acids is 1. The van der Waals surface area contributed by atoms with Gasteiger partial charge >= 0.3 is 0 Å². The van der Waals surface area contributed by atoms with Gasteiger partial charge in [0, 0.05) is 14.0 Å². The first kappa shape index (κ1) is 12.8. The molecule has 1 unspecified atom stereocenters. The van der Waals surface area contributed by atoms with Gasteiger partial charge in [0.25, 0.3) is 0 Å². The first-order valence-corrected chi connectivity index (χ1v) is 5.01.